The van der Waals surface area contributed by atoms with Crippen molar-refractivity contribution in [3.05, 3.63) is 12.2 Å². The van der Waals surface area contributed by atoms with Crippen molar-refractivity contribution in [3.63, 3.8) is 0 Å². The molecule has 0 aliphatic heterocycles. The fourth-order valence-electron chi connectivity index (χ4n) is 1.18. The maximum atomic E-state index is 9.07. The molecule has 0 aromatic carbocycles. The van der Waals surface area contributed by atoms with Crippen molar-refractivity contribution in [2.75, 3.05) is 0 Å². The highest BCUT2D eigenvalue weighted by atomic mass is 28.4. The Morgan fingerprint density at radius 2 is 2.00 bits per heavy atom. The minimum Gasteiger partial charge on any atom is -0.397 e. The molecule has 0 saturated heterocycles. The van der Waals surface area contributed by atoms with E-state index in [9.17, 15) is 0 Å². The third-order valence-corrected chi connectivity index (χ3v) is 2.62. The van der Waals surface area contributed by atoms with Crippen LogP contribution in [0, 0.1) is 11.3 Å². The van der Waals surface area contributed by atoms with Crippen LogP contribution in [0.25, 0.3) is 0 Å². The van der Waals surface area contributed by atoms with Crippen molar-refractivity contribution in [2.24, 2.45) is 0 Å². The van der Waals surface area contributed by atoms with Crippen LogP contribution in [-0.4, -0.2) is 13.9 Å². The van der Waals surface area contributed by atoms with Crippen LogP contribution in [0.4, 0.5) is 0 Å². The van der Waals surface area contributed by atoms with Crippen molar-refractivity contribution in [1.29, 1.82) is 5.26 Å². The molecule has 0 rings (SSSR count). The summed E-state index contributed by atoms with van der Waals surface area (Å²) >= 11 is 0. The van der Waals surface area contributed by atoms with Crippen LogP contribution in [0.3, 0.4) is 0 Å². The second kappa shape index (κ2) is 4.59. The number of allylic oxidation sites excluding steroid dienone is 1. The standard InChI is InChI=1S/C10H19NOSi/c1-6-8-10(7-2,9-11)12-13(3,4)5/h6,8H,7H2,1-5H3/b8-6+. The van der Waals surface area contributed by atoms with Gasteiger partial charge < -0.3 is 4.43 Å². The van der Waals surface area contributed by atoms with E-state index in [1.165, 1.54) is 0 Å². The molecule has 13 heavy (non-hydrogen) atoms. The van der Waals surface area contributed by atoms with E-state index in [1.54, 1.807) is 0 Å². The van der Waals surface area contributed by atoms with E-state index in [0.717, 1.165) is 0 Å². The summed E-state index contributed by atoms with van der Waals surface area (Å²) < 4.78 is 5.86. The van der Waals surface area contributed by atoms with Crippen LogP contribution < -0.4 is 0 Å². The van der Waals surface area contributed by atoms with Crippen LogP contribution in [0.2, 0.25) is 19.6 Å². The molecule has 0 aromatic rings. The van der Waals surface area contributed by atoms with Gasteiger partial charge in [-0.1, -0.05) is 13.0 Å². The van der Waals surface area contributed by atoms with Gasteiger partial charge in [0.15, 0.2) is 13.9 Å². The van der Waals surface area contributed by atoms with Crippen molar-refractivity contribution < 1.29 is 4.43 Å². The van der Waals surface area contributed by atoms with Crippen molar-refractivity contribution in [1.82, 2.24) is 0 Å². The maximum absolute atomic E-state index is 9.07. The van der Waals surface area contributed by atoms with Crippen molar-refractivity contribution >= 4 is 8.32 Å². The predicted octanol–water partition coefficient (Wildman–Crippen LogP) is 3.09. The van der Waals surface area contributed by atoms with Gasteiger partial charge in [0.05, 0.1) is 0 Å². The van der Waals surface area contributed by atoms with Crippen molar-refractivity contribution in [2.45, 2.75) is 45.5 Å². The lowest BCUT2D eigenvalue weighted by molar-refractivity contribution is 0.166. The van der Waals surface area contributed by atoms with Crippen molar-refractivity contribution in [3.8, 4) is 6.07 Å². The molecule has 0 aliphatic rings. The molecular weight excluding hydrogens is 178 g/mol. The molecule has 0 bridgehead atoms. The molecule has 0 aromatic heterocycles. The van der Waals surface area contributed by atoms with Gasteiger partial charge in [0, 0.05) is 0 Å². The molecule has 1 atom stereocenters. The molecule has 2 nitrogen and oxygen atoms in total. The van der Waals surface area contributed by atoms with Gasteiger partial charge in [-0.15, -0.1) is 0 Å². The van der Waals surface area contributed by atoms with E-state index >= 15 is 0 Å². The maximum Gasteiger partial charge on any atom is 0.186 e. The van der Waals surface area contributed by atoms with Gasteiger partial charge >= 0.3 is 0 Å². The van der Waals surface area contributed by atoms with E-state index in [1.807, 2.05) is 26.0 Å². The normalized spacial score (nSPS) is 16.9. The minimum absolute atomic E-state index is 0.695. The smallest absolute Gasteiger partial charge is 0.186 e. The Morgan fingerprint density at radius 1 is 1.46 bits per heavy atom. The average Bonchev–Trinajstić information content (AvgIpc) is 2.01. The zero-order chi connectivity index (χ0) is 10.5. The van der Waals surface area contributed by atoms with Gasteiger partial charge in [0.1, 0.15) is 6.07 Å². The van der Waals surface area contributed by atoms with Gasteiger partial charge in [-0.25, -0.2) is 0 Å². The third-order valence-electron chi connectivity index (χ3n) is 1.64. The van der Waals surface area contributed by atoms with Gasteiger partial charge in [-0.2, -0.15) is 5.26 Å². The van der Waals surface area contributed by atoms with Crippen LogP contribution in [0.5, 0.6) is 0 Å². The lowest BCUT2D eigenvalue weighted by atomic mass is 10.0. The minimum atomic E-state index is -1.65. The number of hydrogen-bond acceptors (Lipinski definition) is 2. The highest BCUT2D eigenvalue weighted by Crippen LogP contribution is 2.22. The summed E-state index contributed by atoms with van der Waals surface area (Å²) in [6.45, 7) is 10.2. The molecule has 74 valence electrons. The molecule has 3 heteroatoms. The number of nitrogens with zero attached hydrogens (tertiary/aromatic N) is 1. The van der Waals surface area contributed by atoms with Crippen LogP contribution in [0.1, 0.15) is 20.3 Å². The molecular formula is C10H19NOSi. The Bertz CT molecular complexity index is 224. The van der Waals surface area contributed by atoms with Crippen LogP contribution >= 0.6 is 0 Å². The summed E-state index contributed by atoms with van der Waals surface area (Å²) in [4.78, 5) is 0. The molecule has 0 aliphatic carbocycles. The Kier molecular flexibility index (Phi) is 4.38. The Morgan fingerprint density at radius 3 is 2.23 bits per heavy atom. The molecule has 0 radical (unpaired) electrons. The monoisotopic (exact) mass is 197 g/mol. The lowest BCUT2D eigenvalue weighted by Gasteiger charge is -2.30. The first-order valence-electron chi connectivity index (χ1n) is 4.64. The molecule has 0 N–H and O–H groups in total. The zero-order valence-corrected chi connectivity index (χ0v) is 10.2. The van der Waals surface area contributed by atoms with Gasteiger partial charge in [-0.3, -0.25) is 0 Å². The van der Waals surface area contributed by atoms with E-state index in [0.29, 0.717) is 6.42 Å². The summed E-state index contributed by atoms with van der Waals surface area (Å²) in [5, 5.41) is 9.07. The lowest BCUT2D eigenvalue weighted by Crippen LogP contribution is -2.39. The topological polar surface area (TPSA) is 33.0 Å². The fourth-order valence-corrected chi connectivity index (χ4v) is 2.53. The summed E-state index contributed by atoms with van der Waals surface area (Å²) in [7, 11) is -1.65. The summed E-state index contributed by atoms with van der Waals surface area (Å²) in [5.74, 6) is 0. The summed E-state index contributed by atoms with van der Waals surface area (Å²) in [6.07, 6.45) is 4.44. The molecule has 0 amide bonds. The number of rotatable bonds is 4. The SMILES string of the molecule is C/C=C/C(C#N)(CC)O[Si](C)(C)C. The Labute approximate surface area is 82.3 Å². The highest BCUT2D eigenvalue weighted by molar-refractivity contribution is 6.69. The number of nitriles is 1. The molecule has 0 heterocycles. The second-order valence-electron chi connectivity index (χ2n) is 4.07. The Hall–Kier alpha value is -0.593. The van der Waals surface area contributed by atoms with Gasteiger partial charge in [0.25, 0.3) is 0 Å². The summed E-state index contributed by atoms with van der Waals surface area (Å²) in [6, 6.07) is 2.25. The predicted molar refractivity (Wildman–Crippen MR) is 57.9 cm³/mol. The van der Waals surface area contributed by atoms with Gasteiger partial charge in [-0.05, 0) is 39.1 Å². The number of hydrogen-bond donors (Lipinski definition) is 0. The molecule has 0 saturated carbocycles. The zero-order valence-electron chi connectivity index (χ0n) is 9.22. The van der Waals surface area contributed by atoms with E-state index < -0.39 is 13.9 Å². The van der Waals surface area contributed by atoms with Crippen LogP contribution in [-0.2, 0) is 4.43 Å². The summed E-state index contributed by atoms with van der Waals surface area (Å²) in [5.41, 5.74) is -0.695. The quantitative estimate of drug-likeness (QED) is 0.512. The van der Waals surface area contributed by atoms with E-state index in [2.05, 4.69) is 25.7 Å². The van der Waals surface area contributed by atoms with E-state index in [4.69, 9.17) is 9.69 Å². The largest absolute Gasteiger partial charge is 0.397 e. The molecule has 1 unspecified atom stereocenters. The Balaban J connectivity index is 4.71. The average molecular weight is 197 g/mol. The first-order valence-corrected chi connectivity index (χ1v) is 8.05. The first-order chi connectivity index (χ1) is 5.89. The fraction of sp³-hybridized carbons (Fsp3) is 0.700. The molecule has 0 fully saturated rings. The van der Waals surface area contributed by atoms with E-state index in [-0.39, 0.29) is 0 Å². The second-order valence-corrected chi connectivity index (χ2v) is 8.50. The van der Waals surface area contributed by atoms with Crippen LogP contribution in [0.15, 0.2) is 12.2 Å². The van der Waals surface area contributed by atoms with Gasteiger partial charge in [0.2, 0.25) is 0 Å². The molecule has 0 spiro atoms. The highest BCUT2D eigenvalue weighted by Gasteiger charge is 2.31. The third kappa shape index (κ3) is 4.25. The first kappa shape index (κ1) is 12.4.